The molecule has 1 aliphatic heterocycles. The van der Waals surface area contributed by atoms with Gasteiger partial charge in [-0.05, 0) is 54.0 Å². The minimum Gasteiger partial charge on any atom is -0.496 e. The second kappa shape index (κ2) is 6.04. The third kappa shape index (κ3) is 3.05. The molecule has 0 radical (unpaired) electrons. The lowest BCUT2D eigenvalue weighted by atomic mass is 10.1. The monoisotopic (exact) mass is 313 g/mol. The van der Waals surface area contributed by atoms with E-state index in [0.29, 0.717) is 12.1 Å². The standard InChI is InChI=1S/C14H20BrNO2/c1-10-13(6-7-18-10)16(2)9-11-4-5-14(17-3)12(15)8-11/h4-5,8,10,13H,6-7,9H2,1-3H3. The van der Waals surface area contributed by atoms with Crippen molar-refractivity contribution in [1.29, 1.82) is 0 Å². The molecule has 100 valence electrons. The molecule has 1 aliphatic rings. The van der Waals surface area contributed by atoms with E-state index in [1.165, 1.54) is 5.56 Å². The average molecular weight is 314 g/mol. The Balaban J connectivity index is 2.02. The quantitative estimate of drug-likeness (QED) is 0.852. The fourth-order valence-corrected chi connectivity index (χ4v) is 3.10. The van der Waals surface area contributed by atoms with Crippen molar-refractivity contribution in [2.45, 2.75) is 32.0 Å². The predicted octanol–water partition coefficient (Wildman–Crippen LogP) is 3.07. The maximum Gasteiger partial charge on any atom is 0.133 e. The summed E-state index contributed by atoms with van der Waals surface area (Å²) in [6, 6.07) is 6.75. The number of rotatable bonds is 4. The van der Waals surface area contributed by atoms with Crippen molar-refractivity contribution in [1.82, 2.24) is 4.90 Å². The third-order valence-electron chi connectivity index (χ3n) is 3.55. The van der Waals surface area contributed by atoms with Crippen LogP contribution in [0.1, 0.15) is 18.9 Å². The fourth-order valence-electron chi connectivity index (χ4n) is 2.51. The van der Waals surface area contributed by atoms with Crippen LogP contribution < -0.4 is 4.74 Å². The Morgan fingerprint density at radius 3 is 2.83 bits per heavy atom. The molecule has 0 spiro atoms. The highest BCUT2D eigenvalue weighted by atomic mass is 79.9. The van der Waals surface area contributed by atoms with Crippen LogP contribution in [0.2, 0.25) is 0 Å². The average Bonchev–Trinajstić information content (AvgIpc) is 2.76. The molecule has 1 saturated heterocycles. The van der Waals surface area contributed by atoms with Gasteiger partial charge in [-0.15, -0.1) is 0 Å². The van der Waals surface area contributed by atoms with E-state index in [2.05, 4.69) is 46.9 Å². The molecule has 3 nitrogen and oxygen atoms in total. The zero-order chi connectivity index (χ0) is 13.1. The van der Waals surface area contributed by atoms with Gasteiger partial charge in [0.2, 0.25) is 0 Å². The number of hydrogen-bond donors (Lipinski definition) is 0. The van der Waals surface area contributed by atoms with E-state index in [1.807, 2.05) is 6.07 Å². The van der Waals surface area contributed by atoms with Crippen molar-refractivity contribution < 1.29 is 9.47 Å². The van der Waals surface area contributed by atoms with E-state index in [0.717, 1.165) is 29.8 Å². The number of ether oxygens (including phenoxy) is 2. The second-order valence-corrected chi connectivity index (χ2v) is 5.67. The van der Waals surface area contributed by atoms with Crippen LogP contribution in [-0.2, 0) is 11.3 Å². The number of benzene rings is 1. The van der Waals surface area contributed by atoms with Gasteiger partial charge in [0.05, 0.1) is 17.7 Å². The molecular formula is C14H20BrNO2. The Labute approximate surface area is 117 Å². The summed E-state index contributed by atoms with van der Waals surface area (Å²) in [5.41, 5.74) is 1.28. The molecule has 1 heterocycles. The van der Waals surface area contributed by atoms with Gasteiger partial charge < -0.3 is 9.47 Å². The number of hydrogen-bond acceptors (Lipinski definition) is 3. The summed E-state index contributed by atoms with van der Waals surface area (Å²) in [4.78, 5) is 2.37. The van der Waals surface area contributed by atoms with Crippen LogP contribution in [-0.4, -0.2) is 37.8 Å². The molecular weight excluding hydrogens is 294 g/mol. The van der Waals surface area contributed by atoms with Crippen LogP contribution in [0.3, 0.4) is 0 Å². The van der Waals surface area contributed by atoms with Crippen LogP contribution in [0.25, 0.3) is 0 Å². The maximum absolute atomic E-state index is 5.61. The van der Waals surface area contributed by atoms with Gasteiger partial charge >= 0.3 is 0 Å². The number of halogens is 1. The van der Waals surface area contributed by atoms with E-state index in [9.17, 15) is 0 Å². The first kappa shape index (κ1) is 13.8. The van der Waals surface area contributed by atoms with Crippen molar-refractivity contribution in [2.24, 2.45) is 0 Å². The zero-order valence-corrected chi connectivity index (χ0v) is 12.7. The minimum absolute atomic E-state index is 0.330. The predicted molar refractivity (Wildman–Crippen MR) is 76.0 cm³/mol. The van der Waals surface area contributed by atoms with Crippen LogP contribution in [0.15, 0.2) is 22.7 Å². The first-order chi connectivity index (χ1) is 8.61. The highest BCUT2D eigenvalue weighted by Crippen LogP contribution is 2.27. The topological polar surface area (TPSA) is 21.7 Å². The molecule has 2 atom stereocenters. The summed E-state index contributed by atoms with van der Waals surface area (Å²) in [7, 11) is 3.84. The van der Waals surface area contributed by atoms with Crippen molar-refractivity contribution in [3.8, 4) is 5.75 Å². The van der Waals surface area contributed by atoms with Crippen molar-refractivity contribution in [2.75, 3.05) is 20.8 Å². The largest absolute Gasteiger partial charge is 0.496 e. The van der Waals surface area contributed by atoms with Gasteiger partial charge in [0.1, 0.15) is 5.75 Å². The molecule has 1 aromatic rings. The lowest BCUT2D eigenvalue weighted by Crippen LogP contribution is -2.36. The molecule has 1 fully saturated rings. The molecule has 0 amide bonds. The summed E-state index contributed by atoms with van der Waals surface area (Å²) in [5, 5.41) is 0. The smallest absolute Gasteiger partial charge is 0.133 e. The molecule has 18 heavy (non-hydrogen) atoms. The first-order valence-corrected chi connectivity index (χ1v) is 7.05. The van der Waals surface area contributed by atoms with Gasteiger partial charge in [-0.3, -0.25) is 4.90 Å². The summed E-state index contributed by atoms with van der Waals surface area (Å²) >= 11 is 3.52. The lowest BCUT2D eigenvalue weighted by molar-refractivity contribution is 0.0814. The lowest BCUT2D eigenvalue weighted by Gasteiger charge is -2.26. The van der Waals surface area contributed by atoms with Crippen molar-refractivity contribution in [3.63, 3.8) is 0 Å². The van der Waals surface area contributed by atoms with Gasteiger partial charge in [-0.1, -0.05) is 6.07 Å². The van der Waals surface area contributed by atoms with Gasteiger partial charge in [0, 0.05) is 19.2 Å². The van der Waals surface area contributed by atoms with Gasteiger partial charge in [-0.25, -0.2) is 0 Å². The molecule has 0 aliphatic carbocycles. The Morgan fingerprint density at radius 2 is 2.28 bits per heavy atom. The fraction of sp³-hybridized carbons (Fsp3) is 0.571. The van der Waals surface area contributed by atoms with Crippen LogP contribution in [0.5, 0.6) is 5.75 Å². The van der Waals surface area contributed by atoms with Crippen LogP contribution >= 0.6 is 15.9 Å². The first-order valence-electron chi connectivity index (χ1n) is 6.26. The molecule has 0 saturated carbocycles. The van der Waals surface area contributed by atoms with E-state index >= 15 is 0 Å². The molecule has 2 rings (SSSR count). The molecule has 0 aromatic heterocycles. The van der Waals surface area contributed by atoms with Gasteiger partial charge in [-0.2, -0.15) is 0 Å². The number of nitrogens with zero attached hydrogens (tertiary/aromatic N) is 1. The molecule has 0 N–H and O–H groups in total. The second-order valence-electron chi connectivity index (χ2n) is 4.82. The molecule has 4 heteroatoms. The highest BCUT2D eigenvalue weighted by Gasteiger charge is 2.27. The number of methoxy groups -OCH3 is 1. The molecule has 1 aromatic carbocycles. The molecule has 0 bridgehead atoms. The minimum atomic E-state index is 0.330. The van der Waals surface area contributed by atoms with E-state index < -0.39 is 0 Å². The normalized spacial score (nSPS) is 23.6. The maximum atomic E-state index is 5.61. The third-order valence-corrected chi connectivity index (χ3v) is 4.17. The Bertz CT molecular complexity index is 411. The van der Waals surface area contributed by atoms with Crippen molar-refractivity contribution >= 4 is 15.9 Å². The van der Waals surface area contributed by atoms with E-state index in [4.69, 9.17) is 9.47 Å². The van der Waals surface area contributed by atoms with Gasteiger partial charge in [0.15, 0.2) is 0 Å². The SMILES string of the molecule is COc1ccc(CN(C)C2CCOC2C)cc1Br. The number of likely N-dealkylation sites (N-methyl/N-ethyl adjacent to an activating group) is 1. The van der Waals surface area contributed by atoms with Crippen molar-refractivity contribution in [3.05, 3.63) is 28.2 Å². The molecule has 2 unspecified atom stereocenters. The zero-order valence-electron chi connectivity index (χ0n) is 11.1. The Hall–Kier alpha value is -0.580. The Morgan fingerprint density at radius 1 is 1.50 bits per heavy atom. The summed E-state index contributed by atoms with van der Waals surface area (Å²) in [6.07, 6.45) is 1.45. The van der Waals surface area contributed by atoms with E-state index in [-0.39, 0.29) is 0 Å². The van der Waals surface area contributed by atoms with Crippen LogP contribution in [0, 0.1) is 0 Å². The van der Waals surface area contributed by atoms with E-state index in [1.54, 1.807) is 7.11 Å². The van der Waals surface area contributed by atoms with Crippen LogP contribution in [0.4, 0.5) is 0 Å². The highest BCUT2D eigenvalue weighted by molar-refractivity contribution is 9.10. The summed E-state index contributed by atoms with van der Waals surface area (Å²) in [5.74, 6) is 0.874. The summed E-state index contributed by atoms with van der Waals surface area (Å²) < 4.78 is 11.9. The van der Waals surface area contributed by atoms with Gasteiger partial charge in [0.25, 0.3) is 0 Å². The summed E-state index contributed by atoms with van der Waals surface area (Å²) in [6.45, 7) is 3.96. The Kier molecular flexibility index (Phi) is 4.65.